The van der Waals surface area contributed by atoms with E-state index in [9.17, 15) is 14.9 Å². The Morgan fingerprint density at radius 1 is 1.52 bits per heavy atom. The molecule has 1 aromatic carbocycles. The molecule has 0 saturated carbocycles. The van der Waals surface area contributed by atoms with E-state index in [2.05, 4.69) is 10.3 Å². The van der Waals surface area contributed by atoms with E-state index in [0.29, 0.717) is 11.7 Å². The number of hydrogen-bond donors (Lipinski definition) is 2. The lowest BCUT2D eigenvalue weighted by Gasteiger charge is -2.12. The summed E-state index contributed by atoms with van der Waals surface area (Å²) >= 11 is 0. The van der Waals surface area contributed by atoms with E-state index >= 15 is 0 Å². The summed E-state index contributed by atoms with van der Waals surface area (Å²) in [5.74, 6) is -0.375. The summed E-state index contributed by atoms with van der Waals surface area (Å²) in [6.07, 6.45) is 1.54. The number of rotatable bonds is 5. The molecule has 0 amide bonds. The molecule has 1 heterocycles. The van der Waals surface area contributed by atoms with Crippen molar-refractivity contribution >= 4 is 17.3 Å². The van der Waals surface area contributed by atoms with Gasteiger partial charge in [-0.05, 0) is 26.0 Å². The van der Waals surface area contributed by atoms with E-state index in [1.807, 2.05) is 0 Å². The van der Waals surface area contributed by atoms with Gasteiger partial charge >= 0.3 is 11.7 Å². The highest BCUT2D eigenvalue weighted by Gasteiger charge is 2.25. The molecule has 1 atom stereocenters. The summed E-state index contributed by atoms with van der Waals surface area (Å²) in [6.45, 7) is 3.44. The predicted molar refractivity (Wildman–Crippen MR) is 73.3 cm³/mol. The van der Waals surface area contributed by atoms with E-state index in [-0.39, 0.29) is 11.3 Å². The lowest BCUT2D eigenvalue weighted by Crippen LogP contribution is -2.11. The van der Waals surface area contributed by atoms with Crippen LogP contribution in [0.2, 0.25) is 0 Å². The quantitative estimate of drug-likeness (QED) is 0.642. The lowest BCUT2D eigenvalue weighted by molar-refractivity contribution is -0.384. The number of carboxylic acid groups (broad SMARTS) is 1. The minimum atomic E-state index is -1.36. The SMILES string of the molecule is Cc1cnc(C(C)Nc2cccc(C(=O)O)c2[N+](=O)[O-])o1. The smallest absolute Gasteiger partial charge is 0.342 e. The molecule has 2 rings (SSSR count). The number of para-hydroxylation sites is 1. The van der Waals surface area contributed by atoms with Crippen LogP contribution in [0.3, 0.4) is 0 Å². The predicted octanol–water partition coefficient (Wildman–Crippen LogP) is 2.76. The first kappa shape index (κ1) is 14.5. The minimum absolute atomic E-state index is 0.100. The second-order valence-electron chi connectivity index (χ2n) is 4.44. The van der Waals surface area contributed by atoms with Gasteiger partial charge in [0.25, 0.3) is 0 Å². The number of hydrogen-bond acceptors (Lipinski definition) is 6. The van der Waals surface area contributed by atoms with Crippen molar-refractivity contribution in [3.63, 3.8) is 0 Å². The van der Waals surface area contributed by atoms with Gasteiger partial charge in [-0.25, -0.2) is 9.78 Å². The van der Waals surface area contributed by atoms with Crippen molar-refractivity contribution in [3.05, 3.63) is 51.7 Å². The van der Waals surface area contributed by atoms with Gasteiger partial charge in [0.15, 0.2) is 0 Å². The van der Waals surface area contributed by atoms with Crippen LogP contribution in [-0.2, 0) is 0 Å². The van der Waals surface area contributed by atoms with Crippen LogP contribution in [0.1, 0.15) is 35.0 Å². The summed E-state index contributed by atoms with van der Waals surface area (Å²) < 4.78 is 5.34. The molecule has 2 N–H and O–H groups in total. The highest BCUT2D eigenvalue weighted by atomic mass is 16.6. The number of nitrogens with one attached hydrogen (secondary N) is 1. The first-order chi connectivity index (χ1) is 9.90. The van der Waals surface area contributed by atoms with Gasteiger partial charge in [-0.15, -0.1) is 0 Å². The van der Waals surface area contributed by atoms with Crippen LogP contribution in [0, 0.1) is 17.0 Å². The van der Waals surface area contributed by atoms with Crippen molar-refractivity contribution in [1.82, 2.24) is 4.98 Å². The van der Waals surface area contributed by atoms with Crippen LogP contribution >= 0.6 is 0 Å². The first-order valence-electron chi connectivity index (χ1n) is 6.09. The molecule has 1 unspecified atom stereocenters. The van der Waals surface area contributed by atoms with Gasteiger partial charge < -0.3 is 14.8 Å². The number of benzene rings is 1. The molecule has 110 valence electrons. The zero-order chi connectivity index (χ0) is 15.6. The van der Waals surface area contributed by atoms with Crippen molar-refractivity contribution in [2.75, 3.05) is 5.32 Å². The van der Waals surface area contributed by atoms with Gasteiger partial charge in [-0.2, -0.15) is 0 Å². The van der Waals surface area contributed by atoms with Crippen LogP contribution in [0.4, 0.5) is 11.4 Å². The van der Waals surface area contributed by atoms with Gasteiger partial charge in [0.2, 0.25) is 5.89 Å². The summed E-state index contributed by atoms with van der Waals surface area (Å²) in [7, 11) is 0. The Hall–Kier alpha value is -2.90. The number of aromatic carboxylic acids is 1. The number of aryl methyl sites for hydroxylation is 1. The molecule has 0 bridgehead atoms. The van der Waals surface area contributed by atoms with Crippen molar-refractivity contribution in [3.8, 4) is 0 Å². The van der Waals surface area contributed by atoms with Gasteiger partial charge in [-0.1, -0.05) is 6.07 Å². The summed E-state index contributed by atoms with van der Waals surface area (Å²) in [4.78, 5) is 25.5. The molecular formula is C13H13N3O5. The third-order valence-corrected chi connectivity index (χ3v) is 2.83. The lowest BCUT2D eigenvalue weighted by atomic mass is 10.1. The monoisotopic (exact) mass is 291 g/mol. The van der Waals surface area contributed by atoms with Crippen molar-refractivity contribution in [2.45, 2.75) is 19.9 Å². The Morgan fingerprint density at radius 2 is 2.24 bits per heavy atom. The van der Waals surface area contributed by atoms with Crippen LogP contribution in [0.25, 0.3) is 0 Å². The molecule has 1 aromatic heterocycles. The van der Waals surface area contributed by atoms with Gasteiger partial charge in [0, 0.05) is 0 Å². The molecule has 0 aliphatic carbocycles. The van der Waals surface area contributed by atoms with Crippen LogP contribution in [-0.4, -0.2) is 21.0 Å². The van der Waals surface area contributed by atoms with Gasteiger partial charge in [0.05, 0.1) is 11.1 Å². The number of nitro benzene ring substituents is 1. The summed E-state index contributed by atoms with van der Waals surface area (Å²) in [5, 5.41) is 23.0. The maximum absolute atomic E-state index is 11.1. The first-order valence-corrected chi connectivity index (χ1v) is 6.09. The number of carboxylic acids is 1. The number of nitrogens with zero attached hydrogens (tertiary/aromatic N) is 2. The summed E-state index contributed by atoms with van der Waals surface area (Å²) in [6, 6.07) is 3.62. The van der Waals surface area contributed by atoms with E-state index in [4.69, 9.17) is 9.52 Å². The van der Waals surface area contributed by atoms with E-state index < -0.39 is 22.6 Å². The van der Waals surface area contributed by atoms with Crippen molar-refractivity contribution in [1.29, 1.82) is 0 Å². The van der Waals surface area contributed by atoms with Crippen molar-refractivity contribution in [2.24, 2.45) is 0 Å². The van der Waals surface area contributed by atoms with Crippen LogP contribution < -0.4 is 5.32 Å². The molecule has 0 saturated heterocycles. The second kappa shape index (κ2) is 5.61. The van der Waals surface area contributed by atoms with Gasteiger partial charge in [-0.3, -0.25) is 10.1 Å². The fourth-order valence-electron chi connectivity index (χ4n) is 1.90. The maximum Gasteiger partial charge on any atom is 0.342 e. The second-order valence-corrected chi connectivity index (χ2v) is 4.44. The molecule has 2 aromatic rings. The largest absolute Gasteiger partial charge is 0.477 e. The minimum Gasteiger partial charge on any atom is -0.477 e. The number of carbonyl (C=O) groups is 1. The van der Waals surface area contributed by atoms with Crippen molar-refractivity contribution < 1.29 is 19.2 Å². The molecule has 21 heavy (non-hydrogen) atoms. The fraction of sp³-hybridized carbons (Fsp3) is 0.231. The molecule has 0 spiro atoms. The molecule has 0 fully saturated rings. The Bertz CT molecular complexity index is 695. The third-order valence-electron chi connectivity index (χ3n) is 2.83. The Kier molecular flexibility index (Phi) is 3.88. The topological polar surface area (TPSA) is 119 Å². The molecule has 0 radical (unpaired) electrons. The van der Waals surface area contributed by atoms with E-state index in [1.165, 1.54) is 24.4 Å². The Labute approximate surface area is 119 Å². The number of nitro groups is 1. The average Bonchev–Trinajstić information content (AvgIpc) is 2.84. The van der Waals surface area contributed by atoms with Gasteiger partial charge in [0.1, 0.15) is 23.1 Å². The standard InChI is InChI=1S/C13H13N3O5/c1-7-6-14-12(21-7)8(2)15-10-5-3-4-9(13(17)18)11(10)16(19)20/h3-6,8,15H,1-2H3,(H,17,18). The average molecular weight is 291 g/mol. The maximum atomic E-state index is 11.1. The number of oxazole rings is 1. The zero-order valence-electron chi connectivity index (χ0n) is 11.4. The normalized spacial score (nSPS) is 11.9. The molecule has 0 aliphatic heterocycles. The molecule has 8 heteroatoms. The molecule has 8 nitrogen and oxygen atoms in total. The highest BCUT2D eigenvalue weighted by molar-refractivity contribution is 5.95. The number of anilines is 1. The number of aromatic nitrogens is 1. The summed E-state index contributed by atoms with van der Waals surface area (Å²) in [5.41, 5.74) is -0.760. The zero-order valence-corrected chi connectivity index (χ0v) is 11.4. The fourth-order valence-corrected chi connectivity index (χ4v) is 1.90. The van der Waals surface area contributed by atoms with Crippen LogP contribution in [0.15, 0.2) is 28.8 Å². The Balaban J connectivity index is 2.37. The third kappa shape index (κ3) is 2.99. The molecule has 0 aliphatic rings. The van der Waals surface area contributed by atoms with E-state index in [0.717, 1.165) is 0 Å². The highest BCUT2D eigenvalue weighted by Crippen LogP contribution is 2.31. The van der Waals surface area contributed by atoms with Crippen LogP contribution in [0.5, 0.6) is 0 Å². The molecular weight excluding hydrogens is 278 g/mol. The Morgan fingerprint density at radius 3 is 2.76 bits per heavy atom. The van der Waals surface area contributed by atoms with E-state index in [1.54, 1.807) is 13.8 Å².